The fourth-order valence-corrected chi connectivity index (χ4v) is 1.12. The van der Waals surface area contributed by atoms with Gasteiger partial charge in [-0.3, -0.25) is 0 Å². The highest BCUT2D eigenvalue weighted by atomic mass is 16.6. The minimum absolute atomic E-state index is 0.118. The van der Waals surface area contributed by atoms with Gasteiger partial charge in [-0.1, -0.05) is 6.58 Å². The predicted octanol–water partition coefficient (Wildman–Crippen LogP) is 2.00. The lowest BCUT2D eigenvalue weighted by Crippen LogP contribution is -2.37. The summed E-state index contributed by atoms with van der Waals surface area (Å²) in [6.45, 7) is 14.0. The largest absolute Gasteiger partial charge is 0.444 e. The third kappa shape index (κ3) is 9.68. The smallest absolute Gasteiger partial charge is 0.407 e. The van der Waals surface area contributed by atoms with Crippen LogP contribution in [0.5, 0.6) is 0 Å². The van der Waals surface area contributed by atoms with E-state index in [1.165, 1.54) is 0 Å². The molecule has 0 aromatic carbocycles. The number of carbonyl (C=O) groups is 1. The summed E-state index contributed by atoms with van der Waals surface area (Å²) in [6.07, 6.45) is -0.572. The zero-order chi connectivity index (χ0) is 13.5. The Labute approximate surface area is 104 Å². The second-order valence-electron chi connectivity index (χ2n) is 4.70. The van der Waals surface area contributed by atoms with Crippen molar-refractivity contribution in [3.63, 3.8) is 0 Å². The standard InChI is InChI=1S/C12H24N2O3/c1-7-16-10(3)14-9(2)8-13-11(15)17-12(4,5)6/h10,14H,2,7-8H2,1,3-6H3,(H,13,15). The Morgan fingerprint density at radius 2 is 2.00 bits per heavy atom. The van der Waals surface area contributed by atoms with Crippen molar-refractivity contribution in [1.82, 2.24) is 10.6 Å². The van der Waals surface area contributed by atoms with Crippen LogP contribution in [0.2, 0.25) is 0 Å². The Hall–Kier alpha value is -1.23. The van der Waals surface area contributed by atoms with Gasteiger partial charge in [-0.25, -0.2) is 4.79 Å². The number of nitrogens with one attached hydrogen (secondary N) is 2. The van der Waals surface area contributed by atoms with Crippen molar-refractivity contribution in [2.24, 2.45) is 0 Å². The predicted molar refractivity (Wildman–Crippen MR) is 67.6 cm³/mol. The number of hydrogen-bond acceptors (Lipinski definition) is 4. The first kappa shape index (κ1) is 15.8. The topological polar surface area (TPSA) is 59.6 Å². The van der Waals surface area contributed by atoms with Crippen LogP contribution in [0.1, 0.15) is 34.6 Å². The van der Waals surface area contributed by atoms with E-state index in [4.69, 9.17) is 9.47 Å². The van der Waals surface area contributed by atoms with E-state index in [9.17, 15) is 4.79 Å². The molecule has 1 atom stereocenters. The van der Waals surface area contributed by atoms with Crippen molar-refractivity contribution in [3.05, 3.63) is 12.3 Å². The molecule has 0 aromatic rings. The van der Waals surface area contributed by atoms with Gasteiger partial charge in [-0.2, -0.15) is 0 Å². The van der Waals surface area contributed by atoms with E-state index in [1.54, 1.807) is 0 Å². The molecular formula is C12H24N2O3. The van der Waals surface area contributed by atoms with E-state index in [0.717, 1.165) is 0 Å². The Bertz CT molecular complexity index is 259. The van der Waals surface area contributed by atoms with Crippen molar-refractivity contribution < 1.29 is 14.3 Å². The highest BCUT2D eigenvalue weighted by molar-refractivity contribution is 5.67. The highest BCUT2D eigenvalue weighted by Gasteiger charge is 2.15. The van der Waals surface area contributed by atoms with Gasteiger partial charge in [0.1, 0.15) is 11.8 Å². The van der Waals surface area contributed by atoms with Gasteiger partial charge >= 0.3 is 6.09 Å². The van der Waals surface area contributed by atoms with E-state index in [1.807, 2.05) is 34.6 Å². The van der Waals surface area contributed by atoms with E-state index in [0.29, 0.717) is 18.8 Å². The molecule has 0 heterocycles. The molecular weight excluding hydrogens is 220 g/mol. The lowest BCUT2D eigenvalue weighted by Gasteiger charge is -2.21. The molecule has 0 saturated heterocycles. The zero-order valence-corrected chi connectivity index (χ0v) is 11.4. The molecule has 0 bridgehead atoms. The van der Waals surface area contributed by atoms with Crippen molar-refractivity contribution in [2.75, 3.05) is 13.2 Å². The lowest BCUT2D eigenvalue weighted by atomic mass is 10.2. The quantitative estimate of drug-likeness (QED) is 0.702. The maximum Gasteiger partial charge on any atom is 0.407 e. The first-order valence-electron chi connectivity index (χ1n) is 5.77. The van der Waals surface area contributed by atoms with Crippen LogP contribution in [0.4, 0.5) is 4.79 Å². The van der Waals surface area contributed by atoms with Crippen LogP contribution in [-0.2, 0) is 9.47 Å². The molecule has 2 N–H and O–H groups in total. The Balaban J connectivity index is 3.81. The summed E-state index contributed by atoms with van der Waals surface area (Å²) in [5, 5.41) is 5.62. The second-order valence-corrected chi connectivity index (χ2v) is 4.70. The zero-order valence-electron chi connectivity index (χ0n) is 11.4. The van der Waals surface area contributed by atoms with Crippen LogP contribution < -0.4 is 10.6 Å². The maximum absolute atomic E-state index is 11.3. The normalized spacial score (nSPS) is 12.8. The molecule has 0 fully saturated rings. The van der Waals surface area contributed by atoms with Crippen LogP contribution in [0.15, 0.2) is 12.3 Å². The van der Waals surface area contributed by atoms with Gasteiger partial charge < -0.3 is 20.1 Å². The SMILES string of the molecule is C=C(CNC(=O)OC(C)(C)C)NC(C)OCC. The third-order valence-electron chi connectivity index (χ3n) is 1.67. The van der Waals surface area contributed by atoms with Gasteiger partial charge in [0.25, 0.3) is 0 Å². The maximum atomic E-state index is 11.3. The summed E-state index contributed by atoms with van der Waals surface area (Å²) in [5.74, 6) is 0. The summed E-state index contributed by atoms with van der Waals surface area (Å²) in [4.78, 5) is 11.3. The number of amides is 1. The van der Waals surface area contributed by atoms with Gasteiger partial charge in [0.05, 0.1) is 6.54 Å². The van der Waals surface area contributed by atoms with Gasteiger partial charge in [0, 0.05) is 12.3 Å². The highest BCUT2D eigenvalue weighted by Crippen LogP contribution is 2.06. The number of rotatable bonds is 6. The van der Waals surface area contributed by atoms with Gasteiger partial charge in [0.15, 0.2) is 0 Å². The molecule has 100 valence electrons. The molecule has 1 unspecified atom stereocenters. The Morgan fingerprint density at radius 3 is 2.47 bits per heavy atom. The molecule has 0 saturated carbocycles. The minimum Gasteiger partial charge on any atom is -0.444 e. The second kappa shape index (κ2) is 7.17. The van der Waals surface area contributed by atoms with Crippen LogP contribution >= 0.6 is 0 Å². The van der Waals surface area contributed by atoms with Crippen molar-refractivity contribution in [3.8, 4) is 0 Å². The van der Waals surface area contributed by atoms with Crippen LogP contribution in [0, 0.1) is 0 Å². The van der Waals surface area contributed by atoms with E-state index in [2.05, 4.69) is 17.2 Å². The van der Waals surface area contributed by atoms with Crippen molar-refractivity contribution in [2.45, 2.75) is 46.4 Å². The first-order valence-corrected chi connectivity index (χ1v) is 5.77. The average molecular weight is 244 g/mol. The number of carbonyl (C=O) groups excluding carboxylic acids is 1. The minimum atomic E-state index is -0.489. The van der Waals surface area contributed by atoms with E-state index < -0.39 is 11.7 Å². The fraction of sp³-hybridized carbons (Fsp3) is 0.750. The van der Waals surface area contributed by atoms with Gasteiger partial charge in [-0.05, 0) is 34.6 Å². The van der Waals surface area contributed by atoms with Gasteiger partial charge in [0.2, 0.25) is 0 Å². The Kier molecular flexibility index (Phi) is 6.65. The number of hydrogen-bond donors (Lipinski definition) is 2. The summed E-state index contributed by atoms with van der Waals surface area (Å²) in [6, 6.07) is 0. The molecule has 0 aliphatic rings. The number of alkyl carbamates (subject to hydrolysis) is 1. The van der Waals surface area contributed by atoms with Crippen LogP contribution in [0.3, 0.4) is 0 Å². The number of ether oxygens (including phenoxy) is 2. The van der Waals surface area contributed by atoms with Crippen molar-refractivity contribution >= 4 is 6.09 Å². The lowest BCUT2D eigenvalue weighted by molar-refractivity contribution is 0.0507. The summed E-state index contributed by atoms with van der Waals surface area (Å²) < 4.78 is 10.4. The molecule has 5 heteroatoms. The fourth-order valence-electron chi connectivity index (χ4n) is 1.12. The van der Waals surface area contributed by atoms with Gasteiger partial charge in [-0.15, -0.1) is 0 Å². The first-order chi connectivity index (χ1) is 7.74. The molecule has 0 spiro atoms. The summed E-state index contributed by atoms with van der Waals surface area (Å²) in [7, 11) is 0. The molecule has 0 aromatic heterocycles. The molecule has 0 radical (unpaired) electrons. The molecule has 0 rings (SSSR count). The third-order valence-corrected chi connectivity index (χ3v) is 1.67. The monoisotopic (exact) mass is 244 g/mol. The van der Waals surface area contributed by atoms with E-state index >= 15 is 0 Å². The molecule has 17 heavy (non-hydrogen) atoms. The van der Waals surface area contributed by atoms with Crippen molar-refractivity contribution in [1.29, 1.82) is 0 Å². The average Bonchev–Trinajstić information content (AvgIpc) is 2.12. The van der Waals surface area contributed by atoms with E-state index in [-0.39, 0.29) is 6.23 Å². The van der Waals surface area contributed by atoms with Crippen LogP contribution in [-0.4, -0.2) is 31.1 Å². The summed E-state index contributed by atoms with van der Waals surface area (Å²) in [5.41, 5.74) is 0.189. The molecule has 1 amide bonds. The molecule has 0 aliphatic carbocycles. The van der Waals surface area contributed by atoms with Crippen LogP contribution in [0.25, 0.3) is 0 Å². The Morgan fingerprint density at radius 1 is 1.41 bits per heavy atom. The molecule has 0 aliphatic heterocycles. The summed E-state index contributed by atoms with van der Waals surface area (Å²) >= 11 is 0. The molecule has 5 nitrogen and oxygen atoms in total.